The molecule has 0 atom stereocenters. The molecule has 0 aliphatic heterocycles. The molecule has 1 aromatic carbocycles. The van der Waals surface area contributed by atoms with Crippen molar-refractivity contribution in [3.8, 4) is 5.75 Å². The highest BCUT2D eigenvalue weighted by Crippen LogP contribution is 2.36. The first-order chi connectivity index (χ1) is 7.34. The summed E-state index contributed by atoms with van der Waals surface area (Å²) in [5.74, 6) is -1.62. The standard InChI is InChI=1S/C8H6N2O6/c1-4(11)5-2-6(9(13)14)8(12)7(3-5)10(15)16/h2-3,12H,1H3. The van der Waals surface area contributed by atoms with Gasteiger partial charge < -0.3 is 5.11 Å². The highest BCUT2D eigenvalue weighted by molar-refractivity contribution is 5.96. The van der Waals surface area contributed by atoms with Gasteiger partial charge in [-0.05, 0) is 6.92 Å². The Morgan fingerprint density at radius 3 is 1.81 bits per heavy atom. The Bertz CT molecular complexity index is 460. The third-order valence-electron chi connectivity index (χ3n) is 1.87. The lowest BCUT2D eigenvalue weighted by molar-refractivity contribution is -0.396. The number of nitrogens with zero attached hydrogens (tertiary/aromatic N) is 2. The van der Waals surface area contributed by atoms with Crippen LogP contribution in [0.15, 0.2) is 12.1 Å². The molecule has 0 saturated heterocycles. The van der Waals surface area contributed by atoms with Crippen LogP contribution in [0, 0.1) is 20.2 Å². The molecule has 0 aliphatic carbocycles. The van der Waals surface area contributed by atoms with Crippen molar-refractivity contribution >= 4 is 17.2 Å². The molecule has 0 spiro atoms. The zero-order chi connectivity index (χ0) is 12.5. The smallest absolute Gasteiger partial charge is 0.318 e. The summed E-state index contributed by atoms with van der Waals surface area (Å²) in [6.45, 7) is 1.11. The minimum atomic E-state index is -1.06. The monoisotopic (exact) mass is 226 g/mol. The van der Waals surface area contributed by atoms with Gasteiger partial charge in [-0.2, -0.15) is 0 Å². The molecular weight excluding hydrogens is 220 g/mol. The maximum absolute atomic E-state index is 11.0. The molecule has 84 valence electrons. The summed E-state index contributed by atoms with van der Waals surface area (Å²) in [6.07, 6.45) is 0. The first kappa shape index (κ1) is 11.6. The number of nitro groups is 2. The topological polar surface area (TPSA) is 124 Å². The van der Waals surface area contributed by atoms with E-state index in [0.717, 1.165) is 19.1 Å². The number of aromatic hydroxyl groups is 1. The molecule has 0 bridgehead atoms. The summed E-state index contributed by atoms with van der Waals surface area (Å²) < 4.78 is 0. The first-order valence-electron chi connectivity index (χ1n) is 4.01. The second-order valence-electron chi connectivity index (χ2n) is 2.93. The largest absolute Gasteiger partial charge is 0.497 e. The Labute approximate surface area is 88.4 Å². The van der Waals surface area contributed by atoms with Crippen LogP contribution in [0.5, 0.6) is 5.75 Å². The minimum absolute atomic E-state index is 0.198. The number of carbonyl (C=O) groups is 1. The van der Waals surface area contributed by atoms with E-state index in [1.807, 2.05) is 0 Å². The lowest BCUT2D eigenvalue weighted by atomic mass is 10.1. The minimum Gasteiger partial charge on any atom is -0.497 e. The molecule has 0 fully saturated rings. The Kier molecular flexibility index (Phi) is 2.84. The number of benzene rings is 1. The molecule has 0 saturated carbocycles. The molecule has 8 heteroatoms. The number of hydrogen-bond acceptors (Lipinski definition) is 6. The number of hydrogen-bond donors (Lipinski definition) is 1. The van der Waals surface area contributed by atoms with Gasteiger partial charge >= 0.3 is 11.4 Å². The van der Waals surface area contributed by atoms with Crippen molar-refractivity contribution in [2.45, 2.75) is 6.92 Å². The Hall–Kier alpha value is -2.51. The van der Waals surface area contributed by atoms with Gasteiger partial charge in [0.25, 0.3) is 5.75 Å². The number of phenolic OH excluding ortho intramolecular Hbond substituents is 1. The van der Waals surface area contributed by atoms with Crippen molar-refractivity contribution in [2.75, 3.05) is 0 Å². The van der Waals surface area contributed by atoms with Crippen LogP contribution in [0.1, 0.15) is 17.3 Å². The number of nitro benzene ring substituents is 2. The van der Waals surface area contributed by atoms with Crippen LogP contribution < -0.4 is 0 Å². The molecular formula is C8H6N2O6. The molecule has 1 rings (SSSR count). The third kappa shape index (κ3) is 1.95. The average Bonchev–Trinajstić information content (AvgIpc) is 2.16. The number of carbonyl (C=O) groups excluding carboxylic acids is 1. The highest BCUT2D eigenvalue weighted by atomic mass is 16.6. The second kappa shape index (κ2) is 3.93. The van der Waals surface area contributed by atoms with E-state index in [1.54, 1.807) is 0 Å². The van der Waals surface area contributed by atoms with E-state index >= 15 is 0 Å². The number of Topliss-reactive ketones (excluding diaryl/α,β-unsaturated/α-hetero) is 1. The molecule has 0 unspecified atom stereocenters. The van der Waals surface area contributed by atoms with Gasteiger partial charge in [-0.25, -0.2) is 0 Å². The van der Waals surface area contributed by atoms with E-state index in [4.69, 9.17) is 0 Å². The predicted molar refractivity (Wildman–Crippen MR) is 51.4 cm³/mol. The summed E-state index contributed by atoms with van der Waals surface area (Å²) in [5, 5.41) is 30.2. The average molecular weight is 226 g/mol. The summed E-state index contributed by atoms with van der Waals surface area (Å²) in [4.78, 5) is 30.0. The lowest BCUT2D eigenvalue weighted by Gasteiger charge is -2.00. The van der Waals surface area contributed by atoms with Crippen LogP contribution in [0.25, 0.3) is 0 Å². The van der Waals surface area contributed by atoms with E-state index in [9.17, 15) is 30.1 Å². The number of rotatable bonds is 3. The maximum Gasteiger partial charge on any atom is 0.318 e. The van der Waals surface area contributed by atoms with Crippen molar-refractivity contribution in [1.82, 2.24) is 0 Å². The van der Waals surface area contributed by atoms with Crippen molar-refractivity contribution < 1.29 is 19.7 Å². The van der Waals surface area contributed by atoms with Crippen LogP contribution in [-0.2, 0) is 0 Å². The van der Waals surface area contributed by atoms with Gasteiger partial charge in [0.2, 0.25) is 0 Å². The van der Waals surface area contributed by atoms with Gasteiger partial charge in [0, 0.05) is 17.7 Å². The van der Waals surface area contributed by atoms with Crippen molar-refractivity contribution in [1.29, 1.82) is 0 Å². The Morgan fingerprint density at radius 1 is 1.19 bits per heavy atom. The Morgan fingerprint density at radius 2 is 1.56 bits per heavy atom. The van der Waals surface area contributed by atoms with E-state index in [-0.39, 0.29) is 5.56 Å². The van der Waals surface area contributed by atoms with E-state index in [1.165, 1.54) is 0 Å². The van der Waals surface area contributed by atoms with E-state index < -0.39 is 32.8 Å². The van der Waals surface area contributed by atoms with Gasteiger partial charge in [-0.15, -0.1) is 0 Å². The fourth-order valence-corrected chi connectivity index (χ4v) is 1.09. The quantitative estimate of drug-likeness (QED) is 0.472. The van der Waals surface area contributed by atoms with Gasteiger partial charge in [0.1, 0.15) is 0 Å². The van der Waals surface area contributed by atoms with Gasteiger partial charge in [0.15, 0.2) is 5.78 Å². The van der Waals surface area contributed by atoms with Crippen LogP contribution in [0.2, 0.25) is 0 Å². The van der Waals surface area contributed by atoms with Gasteiger partial charge in [0.05, 0.1) is 9.85 Å². The molecule has 0 aliphatic rings. The summed E-state index contributed by atoms with van der Waals surface area (Å²) in [7, 11) is 0. The molecule has 0 heterocycles. The molecule has 0 radical (unpaired) electrons. The zero-order valence-electron chi connectivity index (χ0n) is 8.04. The van der Waals surface area contributed by atoms with Crippen molar-refractivity contribution in [3.05, 3.63) is 37.9 Å². The molecule has 0 amide bonds. The molecule has 0 aromatic heterocycles. The van der Waals surface area contributed by atoms with Crippen LogP contribution in [-0.4, -0.2) is 20.7 Å². The fraction of sp³-hybridized carbons (Fsp3) is 0.125. The fourth-order valence-electron chi connectivity index (χ4n) is 1.09. The van der Waals surface area contributed by atoms with Crippen LogP contribution in [0.3, 0.4) is 0 Å². The van der Waals surface area contributed by atoms with E-state index in [2.05, 4.69) is 0 Å². The maximum atomic E-state index is 11.0. The predicted octanol–water partition coefficient (Wildman–Crippen LogP) is 1.41. The third-order valence-corrected chi connectivity index (χ3v) is 1.87. The summed E-state index contributed by atoms with van der Waals surface area (Å²) >= 11 is 0. The van der Waals surface area contributed by atoms with Crippen LogP contribution >= 0.6 is 0 Å². The molecule has 1 N–H and O–H groups in total. The zero-order valence-corrected chi connectivity index (χ0v) is 8.04. The van der Waals surface area contributed by atoms with E-state index in [0.29, 0.717) is 0 Å². The number of ketones is 1. The second-order valence-corrected chi connectivity index (χ2v) is 2.93. The summed E-state index contributed by atoms with van der Waals surface area (Å²) in [5.41, 5.74) is -1.92. The van der Waals surface area contributed by atoms with Crippen molar-refractivity contribution in [3.63, 3.8) is 0 Å². The highest BCUT2D eigenvalue weighted by Gasteiger charge is 2.27. The first-order valence-corrected chi connectivity index (χ1v) is 4.01. The molecule has 8 nitrogen and oxygen atoms in total. The molecule has 16 heavy (non-hydrogen) atoms. The summed E-state index contributed by atoms with van der Waals surface area (Å²) in [6, 6.07) is 1.59. The SMILES string of the molecule is CC(=O)c1cc([N+](=O)[O-])c(O)c([N+](=O)[O-])c1. The van der Waals surface area contributed by atoms with Crippen LogP contribution in [0.4, 0.5) is 11.4 Å². The normalized spacial score (nSPS) is 9.81. The van der Waals surface area contributed by atoms with Gasteiger partial charge in [-0.3, -0.25) is 25.0 Å². The van der Waals surface area contributed by atoms with Crippen molar-refractivity contribution in [2.24, 2.45) is 0 Å². The lowest BCUT2D eigenvalue weighted by Crippen LogP contribution is -1.99. The van der Waals surface area contributed by atoms with Gasteiger partial charge in [-0.1, -0.05) is 0 Å². The number of phenols is 1. The molecule has 1 aromatic rings. The Balaban J connectivity index is 3.57.